The highest BCUT2D eigenvalue weighted by atomic mass is 32.2. The predicted octanol–water partition coefficient (Wildman–Crippen LogP) is 3.86. The van der Waals surface area contributed by atoms with Crippen LogP contribution >= 0.6 is 11.8 Å². The molecule has 0 aliphatic heterocycles. The SMILES string of the molecule is CCNC(CC)c1ccccc1SCC. The molecule has 1 nitrogen and oxygen atoms in total. The molecule has 84 valence electrons. The Kier molecular flexibility index (Phi) is 5.81. The molecule has 1 N–H and O–H groups in total. The van der Waals surface area contributed by atoms with Crippen molar-refractivity contribution >= 4 is 11.8 Å². The molecule has 0 radical (unpaired) electrons. The molecule has 0 fully saturated rings. The zero-order valence-electron chi connectivity index (χ0n) is 9.92. The first-order valence-corrected chi connectivity index (χ1v) is 6.77. The molecule has 0 aliphatic rings. The van der Waals surface area contributed by atoms with Crippen molar-refractivity contribution in [3.63, 3.8) is 0 Å². The average Bonchev–Trinajstić information content (AvgIpc) is 2.27. The standard InChI is InChI=1S/C13H21NS/c1-4-12(14-5-2)11-9-7-8-10-13(11)15-6-3/h7-10,12,14H,4-6H2,1-3H3. The number of benzene rings is 1. The van der Waals surface area contributed by atoms with Gasteiger partial charge in [0.1, 0.15) is 0 Å². The monoisotopic (exact) mass is 223 g/mol. The average molecular weight is 223 g/mol. The number of thioether (sulfide) groups is 1. The van der Waals surface area contributed by atoms with Crippen LogP contribution in [-0.4, -0.2) is 12.3 Å². The minimum atomic E-state index is 0.505. The van der Waals surface area contributed by atoms with Crippen molar-refractivity contribution in [2.75, 3.05) is 12.3 Å². The van der Waals surface area contributed by atoms with Crippen LogP contribution < -0.4 is 5.32 Å². The predicted molar refractivity (Wildman–Crippen MR) is 69.5 cm³/mol. The van der Waals surface area contributed by atoms with E-state index in [0.717, 1.165) is 18.7 Å². The fraction of sp³-hybridized carbons (Fsp3) is 0.538. The maximum atomic E-state index is 3.53. The second-order valence-electron chi connectivity index (χ2n) is 3.49. The van der Waals surface area contributed by atoms with Gasteiger partial charge in [0.05, 0.1) is 0 Å². The van der Waals surface area contributed by atoms with Crippen LogP contribution in [0.15, 0.2) is 29.2 Å². The maximum Gasteiger partial charge on any atom is 0.0328 e. The maximum absolute atomic E-state index is 3.53. The summed E-state index contributed by atoms with van der Waals surface area (Å²) in [7, 11) is 0. The van der Waals surface area contributed by atoms with Crippen LogP contribution in [0, 0.1) is 0 Å². The lowest BCUT2D eigenvalue weighted by atomic mass is 10.0. The Balaban J connectivity index is 2.88. The van der Waals surface area contributed by atoms with Crippen molar-refractivity contribution in [1.82, 2.24) is 5.32 Å². The normalized spacial score (nSPS) is 12.7. The van der Waals surface area contributed by atoms with Gasteiger partial charge in [-0.15, -0.1) is 11.8 Å². The van der Waals surface area contributed by atoms with Crippen molar-refractivity contribution in [2.24, 2.45) is 0 Å². The lowest BCUT2D eigenvalue weighted by Gasteiger charge is -2.19. The summed E-state index contributed by atoms with van der Waals surface area (Å²) in [6, 6.07) is 9.23. The molecule has 1 unspecified atom stereocenters. The number of hydrogen-bond acceptors (Lipinski definition) is 2. The summed E-state index contributed by atoms with van der Waals surface area (Å²) < 4.78 is 0. The third kappa shape index (κ3) is 3.54. The summed E-state index contributed by atoms with van der Waals surface area (Å²) >= 11 is 1.93. The second kappa shape index (κ2) is 6.91. The van der Waals surface area contributed by atoms with Gasteiger partial charge in [0, 0.05) is 10.9 Å². The Morgan fingerprint density at radius 1 is 1.20 bits per heavy atom. The molecule has 0 spiro atoms. The summed E-state index contributed by atoms with van der Waals surface area (Å²) in [4.78, 5) is 1.42. The van der Waals surface area contributed by atoms with Gasteiger partial charge >= 0.3 is 0 Å². The molecule has 0 saturated heterocycles. The number of nitrogens with one attached hydrogen (secondary N) is 1. The summed E-state index contributed by atoms with van der Waals surface area (Å²) in [5.74, 6) is 1.14. The smallest absolute Gasteiger partial charge is 0.0328 e. The summed E-state index contributed by atoms with van der Waals surface area (Å²) in [5.41, 5.74) is 1.45. The first-order chi connectivity index (χ1) is 7.33. The van der Waals surface area contributed by atoms with Crippen LogP contribution in [-0.2, 0) is 0 Å². The van der Waals surface area contributed by atoms with Crippen LogP contribution in [0.4, 0.5) is 0 Å². The van der Waals surface area contributed by atoms with Gasteiger partial charge in [-0.3, -0.25) is 0 Å². The zero-order chi connectivity index (χ0) is 11.1. The second-order valence-corrected chi connectivity index (χ2v) is 4.80. The quantitative estimate of drug-likeness (QED) is 0.735. The van der Waals surface area contributed by atoms with Gasteiger partial charge < -0.3 is 5.32 Å². The van der Waals surface area contributed by atoms with Crippen molar-refractivity contribution in [1.29, 1.82) is 0 Å². The molecule has 0 saturated carbocycles. The Bertz CT molecular complexity index is 286. The summed E-state index contributed by atoms with van der Waals surface area (Å²) in [6.45, 7) is 7.64. The first-order valence-electron chi connectivity index (χ1n) is 5.78. The van der Waals surface area contributed by atoms with Gasteiger partial charge in [-0.05, 0) is 30.3 Å². The Labute approximate surface area is 97.7 Å². The van der Waals surface area contributed by atoms with E-state index in [2.05, 4.69) is 50.4 Å². The van der Waals surface area contributed by atoms with E-state index in [1.54, 1.807) is 0 Å². The van der Waals surface area contributed by atoms with E-state index in [0.29, 0.717) is 6.04 Å². The fourth-order valence-electron chi connectivity index (χ4n) is 1.78. The highest BCUT2D eigenvalue weighted by molar-refractivity contribution is 7.99. The lowest BCUT2D eigenvalue weighted by Crippen LogP contribution is -2.20. The minimum Gasteiger partial charge on any atom is -0.310 e. The van der Waals surface area contributed by atoms with Gasteiger partial charge in [-0.1, -0.05) is 39.0 Å². The molecule has 1 rings (SSSR count). The minimum absolute atomic E-state index is 0.505. The number of rotatable bonds is 6. The van der Waals surface area contributed by atoms with Crippen molar-refractivity contribution < 1.29 is 0 Å². The highest BCUT2D eigenvalue weighted by Crippen LogP contribution is 2.28. The summed E-state index contributed by atoms with van der Waals surface area (Å²) in [6.07, 6.45) is 1.15. The van der Waals surface area contributed by atoms with Crippen LogP contribution in [0.3, 0.4) is 0 Å². The molecular formula is C13H21NS. The van der Waals surface area contributed by atoms with Crippen molar-refractivity contribution in [3.8, 4) is 0 Å². The Hall–Kier alpha value is -0.470. The molecule has 0 bridgehead atoms. The van der Waals surface area contributed by atoms with E-state index >= 15 is 0 Å². The van der Waals surface area contributed by atoms with Crippen LogP contribution in [0.5, 0.6) is 0 Å². The Morgan fingerprint density at radius 3 is 2.53 bits per heavy atom. The Morgan fingerprint density at radius 2 is 1.93 bits per heavy atom. The van der Waals surface area contributed by atoms with Gasteiger partial charge in [0.2, 0.25) is 0 Å². The van der Waals surface area contributed by atoms with Crippen LogP contribution in [0.1, 0.15) is 38.8 Å². The first kappa shape index (κ1) is 12.6. The molecule has 2 heteroatoms. The van der Waals surface area contributed by atoms with Gasteiger partial charge in [0.25, 0.3) is 0 Å². The molecule has 15 heavy (non-hydrogen) atoms. The molecule has 1 atom stereocenters. The molecule has 0 aromatic heterocycles. The van der Waals surface area contributed by atoms with E-state index in [4.69, 9.17) is 0 Å². The van der Waals surface area contributed by atoms with E-state index in [1.807, 2.05) is 11.8 Å². The summed E-state index contributed by atoms with van der Waals surface area (Å²) in [5, 5.41) is 3.53. The third-order valence-corrected chi connectivity index (χ3v) is 3.42. The van der Waals surface area contributed by atoms with E-state index in [-0.39, 0.29) is 0 Å². The molecule has 0 aliphatic carbocycles. The zero-order valence-corrected chi connectivity index (χ0v) is 10.7. The number of hydrogen-bond donors (Lipinski definition) is 1. The third-order valence-electron chi connectivity index (χ3n) is 2.45. The van der Waals surface area contributed by atoms with Crippen LogP contribution in [0.25, 0.3) is 0 Å². The lowest BCUT2D eigenvalue weighted by molar-refractivity contribution is 0.530. The van der Waals surface area contributed by atoms with Gasteiger partial charge in [-0.2, -0.15) is 0 Å². The van der Waals surface area contributed by atoms with E-state index in [9.17, 15) is 0 Å². The van der Waals surface area contributed by atoms with Gasteiger partial charge in [-0.25, -0.2) is 0 Å². The molecular weight excluding hydrogens is 202 g/mol. The van der Waals surface area contributed by atoms with Crippen molar-refractivity contribution in [2.45, 2.75) is 38.1 Å². The highest BCUT2D eigenvalue weighted by Gasteiger charge is 2.11. The van der Waals surface area contributed by atoms with E-state index < -0.39 is 0 Å². The van der Waals surface area contributed by atoms with Crippen molar-refractivity contribution in [3.05, 3.63) is 29.8 Å². The van der Waals surface area contributed by atoms with Gasteiger partial charge in [0.15, 0.2) is 0 Å². The molecule has 0 heterocycles. The van der Waals surface area contributed by atoms with Crippen LogP contribution in [0.2, 0.25) is 0 Å². The topological polar surface area (TPSA) is 12.0 Å². The largest absolute Gasteiger partial charge is 0.310 e. The fourth-order valence-corrected chi connectivity index (χ4v) is 2.64. The molecule has 1 aromatic carbocycles. The van der Waals surface area contributed by atoms with E-state index in [1.165, 1.54) is 10.5 Å². The molecule has 1 aromatic rings. The molecule has 0 amide bonds.